The molecule has 3 nitrogen and oxygen atoms in total. The van der Waals surface area contributed by atoms with Gasteiger partial charge in [0.05, 0.1) is 6.61 Å². The second kappa shape index (κ2) is 16.8. The lowest BCUT2D eigenvalue weighted by Gasteiger charge is -2.06. The number of nitrogens with two attached hydrogens (primary N) is 1. The van der Waals surface area contributed by atoms with Crippen LogP contribution in [0.15, 0.2) is 24.3 Å². The van der Waals surface area contributed by atoms with Crippen LogP contribution >= 0.6 is 0 Å². The number of amides is 1. The van der Waals surface area contributed by atoms with E-state index in [9.17, 15) is 4.79 Å². The second-order valence-corrected chi connectivity index (χ2v) is 7.85. The number of ether oxygens (including phenoxy) is 1. The highest BCUT2D eigenvalue weighted by atomic mass is 16.5. The van der Waals surface area contributed by atoms with Crippen molar-refractivity contribution in [3.8, 4) is 0 Å². The SMILES string of the molecule is Cc1cccc(COCCCCCCCCCCCCCCCC(N)=O)c1. The number of aryl methyl sites for hydroxylation is 1. The average molecular weight is 376 g/mol. The third kappa shape index (κ3) is 15.4. The standard InChI is InChI=1S/C24H41NO2/c1-22-16-15-17-23(20-22)21-27-19-14-12-10-8-6-4-2-3-5-7-9-11-13-18-24(25)26/h15-17,20H,2-14,18-19,21H2,1H3,(H2,25,26). The summed E-state index contributed by atoms with van der Waals surface area (Å²) in [4.78, 5) is 10.6. The Morgan fingerprint density at radius 1 is 0.815 bits per heavy atom. The Morgan fingerprint density at radius 3 is 1.85 bits per heavy atom. The maximum absolute atomic E-state index is 10.6. The van der Waals surface area contributed by atoms with Gasteiger partial charge >= 0.3 is 0 Å². The van der Waals surface area contributed by atoms with E-state index in [1.54, 1.807) is 0 Å². The van der Waals surface area contributed by atoms with Crippen LogP contribution in [0.4, 0.5) is 0 Å². The van der Waals surface area contributed by atoms with Crippen LogP contribution < -0.4 is 5.73 Å². The summed E-state index contributed by atoms with van der Waals surface area (Å²) in [5, 5.41) is 0. The van der Waals surface area contributed by atoms with Crippen molar-refractivity contribution in [2.24, 2.45) is 5.73 Å². The molecule has 0 aliphatic heterocycles. The van der Waals surface area contributed by atoms with Crippen molar-refractivity contribution in [3.63, 3.8) is 0 Å². The van der Waals surface area contributed by atoms with Gasteiger partial charge in [-0.25, -0.2) is 0 Å². The molecule has 3 heteroatoms. The van der Waals surface area contributed by atoms with Crippen LogP contribution in [-0.4, -0.2) is 12.5 Å². The summed E-state index contributed by atoms with van der Waals surface area (Å²) in [5.41, 5.74) is 7.71. The number of hydrogen-bond donors (Lipinski definition) is 1. The second-order valence-electron chi connectivity index (χ2n) is 7.85. The lowest BCUT2D eigenvalue weighted by molar-refractivity contribution is -0.118. The van der Waals surface area contributed by atoms with E-state index in [1.165, 1.54) is 81.8 Å². The molecule has 1 aromatic rings. The molecule has 2 N–H and O–H groups in total. The molecule has 0 aromatic heterocycles. The molecular weight excluding hydrogens is 334 g/mol. The van der Waals surface area contributed by atoms with Crippen LogP contribution in [0.25, 0.3) is 0 Å². The van der Waals surface area contributed by atoms with Crippen LogP contribution in [0.3, 0.4) is 0 Å². The summed E-state index contributed by atoms with van der Waals surface area (Å²) in [7, 11) is 0. The van der Waals surface area contributed by atoms with Gasteiger partial charge in [-0.15, -0.1) is 0 Å². The van der Waals surface area contributed by atoms with Crippen molar-refractivity contribution in [1.29, 1.82) is 0 Å². The molecule has 27 heavy (non-hydrogen) atoms. The molecule has 0 heterocycles. The van der Waals surface area contributed by atoms with E-state index < -0.39 is 0 Å². The van der Waals surface area contributed by atoms with E-state index in [0.29, 0.717) is 6.42 Å². The molecule has 0 saturated carbocycles. The Labute approximate surface area is 167 Å². The van der Waals surface area contributed by atoms with Crippen LogP contribution in [0.1, 0.15) is 101 Å². The molecule has 0 radical (unpaired) electrons. The van der Waals surface area contributed by atoms with Gasteiger partial charge in [-0.05, 0) is 25.3 Å². The molecule has 0 unspecified atom stereocenters. The molecule has 0 atom stereocenters. The molecule has 0 bridgehead atoms. The van der Waals surface area contributed by atoms with Gasteiger partial charge in [0.1, 0.15) is 0 Å². The first kappa shape index (κ1) is 23.7. The average Bonchev–Trinajstić information content (AvgIpc) is 2.64. The van der Waals surface area contributed by atoms with Crippen molar-refractivity contribution in [2.75, 3.05) is 6.61 Å². The fourth-order valence-electron chi connectivity index (χ4n) is 3.44. The molecule has 1 aromatic carbocycles. The summed E-state index contributed by atoms with van der Waals surface area (Å²) < 4.78 is 5.77. The topological polar surface area (TPSA) is 52.3 Å². The maximum Gasteiger partial charge on any atom is 0.217 e. The Kier molecular flexibility index (Phi) is 14.7. The van der Waals surface area contributed by atoms with Crippen LogP contribution in [0.5, 0.6) is 0 Å². The fourth-order valence-corrected chi connectivity index (χ4v) is 3.44. The molecule has 0 saturated heterocycles. The summed E-state index contributed by atoms with van der Waals surface area (Å²) in [6.45, 7) is 3.75. The smallest absolute Gasteiger partial charge is 0.217 e. The monoisotopic (exact) mass is 375 g/mol. The third-order valence-electron chi connectivity index (χ3n) is 5.06. The van der Waals surface area contributed by atoms with E-state index in [2.05, 4.69) is 31.2 Å². The minimum absolute atomic E-state index is 0.162. The lowest BCUT2D eigenvalue weighted by atomic mass is 10.0. The molecule has 1 rings (SSSR count). The number of rotatable bonds is 18. The van der Waals surface area contributed by atoms with E-state index >= 15 is 0 Å². The number of hydrogen-bond acceptors (Lipinski definition) is 2. The Bertz CT molecular complexity index is 487. The van der Waals surface area contributed by atoms with Gasteiger partial charge in [0, 0.05) is 13.0 Å². The largest absolute Gasteiger partial charge is 0.377 e. The number of benzene rings is 1. The van der Waals surface area contributed by atoms with Gasteiger partial charge in [0.25, 0.3) is 0 Å². The number of carbonyl (C=O) groups is 1. The summed E-state index contributed by atoms with van der Waals surface area (Å²) in [6.07, 6.45) is 17.2. The zero-order valence-corrected chi connectivity index (χ0v) is 17.5. The Balaban J connectivity index is 1.74. The summed E-state index contributed by atoms with van der Waals surface area (Å²) in [6, 6.07) is 8.56. The van der Waals surface area contributed by atoms with Crippen molar-refractivity contribution in [1.82, 2.24) is 0 Å². The van der Waals surface area contributed by atoms with Crippen molar-refractivity contribution >= 4 is 5.91 Å². The van der Waals surface area contributed by atoms with Gasteiger partial charge < -0.3 is 10.5 Å². The predicted octanol–water partition coefficient (Wildman–Crippen LogP) is 6.46. The van der Waals surface area contributed by atoms with Crippen LogP contribution in [0.2, 0.25) is 0 Å². The van der Waals surface area contributed by atoms with Gasteiger partial charge in [-0.1, -0.05) is 100 Å². The first-order valence-corrected chi connectivity index (χ1v) is 11.1. The van der Waals surface area contributed by atoms with Gasteiger partial charge in [0.15, 0.2) is 0 Å². The summed E-state index contributed by atoms with van der Waals surface area (Å²) >= 11 is 0. The van der Waals surface area contributed by atoms with Crippen LogP contribution in [-0.2, 0) is 16.1 Å². The quantitative estimate of drug-likeness (QED) is 0.299. The Morgan fingerprint density at radius 2 is 1.33 bits per heavy atom. The number of carbonyl (C=O) groups excluding carboxylic acids is 1. The molecule has 0 spiro atoms. The molecule has 0 aliphatic carbocycles. The zero-order chi connectivity index (χ0) is 19.6. The van der Waals surface area contributed by atoms with Crippen LogP contribution in [0, 0.1) is 6.92 Å². The first-order chi connectivity index (χ1) is 13.2. The highest BCUT2D eigenvalue weighted by molar-refractivity contribution is 5.73. The Hall–Kier alpha value is -1.35. The molecule has 154 valence electrons. The molecular formula is C24H41NO2. The van der Waals surface area contributed by atoms with Gasteiger partial charge in [0.2, 0.25) is 5.91 Å². The third-order valence-corrected chi connectivity index (χ3v) is 5.06. The van der Waals surface area contributed by atoms with E-state index in [-0.39, 0.29) is 5.91 Å². The highest BCUT2D eigenvalue weighted by Gasteiger charge is 1.97. The van der Waals surface area contributed by atoms with Gasteiger partial charge in [-0.3, -0.25) is 4.79 Å². The van der Waals surface area contributed by atoms with Crippen molar-refractivity contribution < 1.29 is 9.53 Å². The van der Waals surface area contributed by atoms with E-state index in [0.717, 1.165) is 26.1 Å². The lowest BCUT2D eigenvalue weighted by Crippen LogP contribution is -2.09. The normalized spacial score (nSPS) is 11.0. The number of primary amides is 1. The maximum atomic E-state index is 10.6. The van der Waals surface area contributed by atoms with E-state index in [4.69, 9.17) is 10.5 Å². The predicted molar refractivity (Wildman–Crippen MR) is 115 cm³/mol. The van der Waals surface area contributed by atoms with Crippen molar-refractivity contribution in [2.45, 2.75) is 103 Å². The number of unbranched alkanes of at least 4 members (excludes halogenated alkanes) is 12. The highest BCUT2D eigenvalue weighted by Crippen LogP contribution is 2.13. The first-order valence-electron chi connectivity index (χ1n) is 11.1. The molecule has 0 fully saturated rings. The summed E-state index contributed by atoms with van der Waals surface area (Å²) in [5.74, 6) is -0.162. The van der Waals surface area contributed by atoms with E-state index in [1.807, 2.05) is 0 Å². The van der Waals surface area contributed by atoms with Crippen molar-refractivity contribution in [3.05, 3.63) is 35.4 Å². The zero-order valence-electron chi connectivity index (χ0n) is 17.5. The minimum atomic E-state index is -0.162. The molecule has 1 amide bonds. The van der Waals surface area contributed by atoms with Gasteiger partial charge in [-0.2, -0.15) is 0 Å². The molecule has 0 aliphatic rings. The minimum Gasteiger partial charge on any atom is -0.377 e. The fraction of sp³-hybridized carbons (Fsp3) is 0.708.